The van der Waals surface area contributed by atoms with Crippen LogP contribution >= 0.6 is 11.8 Å². The molecule has 0 radical (unpaired) electrons. The van der Waals surface area contributed by atoms with Gasteiger partial charge in [-0.3, -0.25) is 9.59 Å². The van der Waals surface area contributed by atoms with E-state index in [0.29, 0.717) is 6.54 Å². The number of anilines is 1. The average molecular weight is 362 g/mol. The van der Waals surface area contributed by atoms with E-state index < -0.39 is 0 Å². The van der Waals surface area contributed by atoms with Crippen molar-refractivity contribution in [1.82, 2.24) is 4.90 Å². The Bertz CT molecular complexity index is 1010. The summed E-state index contributed by atoms with van der Waals surface area (Å²) in [5.41, 5.74) is 2.76. The lowest BCUT2D eigenvalue weighted by Gasteiger charge is -2.18. The molecule has 0 bridgehead atoms. The molecule has 1 heterocycles. The van der Waals surface area contributed by atoms with Crippen LogP contribution in [0.5, 0.6) is 0 Å². The van der Waals surface area contributed by atoms with Crippen molar-refractivity contribution >= 4 is 39.4 Å². The quantitative estimate of drug-likeness (QED) is 0.630. The van der Waals surface area contributed by atoms with E-state index in [2.05, 4.69) is 0 Å². The van der Waals surface area contributed by atoms with Crippen LogP contribution in [-0.4, -0.2) is 30.1 Å². The van der Waals surface area contributed by atoms with Gasteiger partial charge in [0, 0.05) is 29.9 Å². The predicted octanol–water partition coefficient (Wildman–Crippen LogP) is 4.77. The summed E-state index contributed by atoms with van der Waals surface area (Å²) in [5.74, 6) is 0.0398. The fraction of sp³-hybridized carbons (Fsp3) is 0.143. The highest BCUT2D eigenvalue weighted by Crippen LogP contribution is 2.38. The first-order valence-electron chi connectivity index (χ1n) is 8.36. The summed E-state index contributed by atoms with van der Waals surface area (Å²) in [7, 11) is 3.47. The monoisotopic (exact) mass is 362 g/mol. The number of carbonyl (C=O) groups is 2. The minimum Gasteiger partial charge on any atom is -0.339 e. The normalized spacial score (nSPS) is 12.7. The van der Waals surface area contributed by atoms with E-state index >= 15 is 0 Å². The van der Waals surface area contributed by atoms with Crippen molar-refractivity contribution in [3.63, 3.8) is 0 Å². The Morgan fingerprint density at radius 1 is 1.00 bits per heavy atom. The van der Waals surface area contributed by atoms with E-state index in [1.54, 1.807) is 19.0 Å². The molecule has 3 aromatic carbocycles. The summed E-state index contributed by atoms with van der Waals surface area (Å²) >= 11 is 1.20. The third kappa shape index (κ3) is 2.84. The van der Waals surface area contributed by atoms with Gasteiger partial charge in [0.2, 0.25) is 0 Å². The van der Waals surface area contributed by atoms with Gasteiger partial charge in [-0.05, 0) is 47.0 Å². The second-order valence-corrected chi connectivity index (χ2v) is 7.50. The van der Waals surface area contributed by atoms with Crippen LogP contribution in [0.25, 0.3) is 10.8 Å². The summed E-state index contributed by atoms with van der Waals surface area (Å²) in [6.45, 7) is 0.513. The van der Waals surface area contributed by atoms with E-state index in [9.17, 15) is 9.59 Å². The Morgan fingerprint density at radius 2 is 1.69 bits per heavy atom. The van der Waals surface area contributed by atoms with Crippen molar-refractivity contribution in [2.24, 2.45) is 0 Å². The van der Waals surface area contributed by atoms with Gasteiger partial charge < -0.3 is 9.80 Å². The van der Waals surface area contributed by atoms with Crippen LogP contribution in [0.4, 0.5) is 10.5 Å². The molecular weight excluding hydrogens is 344 g/mol. The van der Waals surface area contributed by atoms with Gasteiger partial charge in [0.1, 0.15) is 0 Å². The van der Waals surface area contributed by atoms with Crippen molar-refractivity contribution in [2.45, 2.75) is 11.4 Å². The first kappa shape index (κ1) is 16.7. The standard InChI is InChI=1S/C21H18N2O2S/c1-22(2)21(25)26-16-11-9-14(10-12-16)13-23-18-8-4-6-15-5-3-7-17(19(15)18)20(23)24/h3-12H,13H2,1-2H3. The Morgan fingerprint density at radius 3 is 2.38 bits per heavy atom. The molecule has 0 saturated carbocycles. The molecular formula is C21H18N2O2S. The minimum atomic E-state index is -0.00500. The van der Waals surface area contributed by atoms with Gasteiger partial charge in [0.05, 0.1) is 12.2 Å². The molecule has 0 saturated heterocycles. The molecule has 0 aliphatic carbocycles. The summed E-state index contributed by atoms with van der Waals surface area (Å²) < 4.78 is 0. The largest absolute Gasteiger partial charge is 0.339 e. The summed E-state index contributed by atoms with van der Waals surface area (Å²) in [6.07, 6.45) is 0. The molecule has 4 rings (SSSR count). The van der Waals surface area contributed by atoms with Gasteiger partial charge >= 0.3 is 0 Å². The summed E-state index contributed by atoms with van der Waals surface area (Å²) in [5, 5.41) is 2.11. The first-order valence-corrected chi connectivity index (χ1v) is 9.18. The van der Waals surface area contributed by atoms with Crippen molar-refractivity contribution in [3.8, 4) is 0 Å². The van der Waals surface area contributed by atoms with Gasteiger partial charge in [0.25, 0.3) is 11.1 Å². The zero-order valence-corrected chi connectivity index (χ0v) is 15.4. The van der Waals surface area contributed by atoms with Gasteiger partial charge in [-0.2, -0.15) is 0 Å². The lowest BCUT2D eigenvalue weighted by molar-refractivity contribution is 0.0991. The van der Waals surface area contributed by atoms with Crippen LogP contribution in [0.3, 0.4) is 0 Å². The van der Waals surface area contributed by atoms with Crippen LogP contribution < -0.4 is 4.90 Å². The molecule has 0 atom stereocenters. The molecule has 2 amide bonds. The molecule has 0 unspecified atom stereocenters. The first-order chi connectivity index (χ1) is 12.5. The number of hydrogen-bond donors (Lipinski definition) is 0. The highest BCUT2D eigenvalue weighted by Gasteiger charge is 2.29. The van der Waals surface area contributed by atoms with Crippen LogP contribution in [-0.2, 0) is 6.54 Å². The minimum absolute atomic E-state index is 0.00500. The number of thioether (sulfide) groups is 1. The third-order valence-corrected chi connectivity index (χ3v) is 5.53. The van der Waals surface area contributed by atoms with Crippen molar-refractivity contribution < 1.29 is 9.59 Å². The van der Waals surface area contributed by atoms with Crippen LogP contribution in [0.1, 0.15) is 15.9 Å². The summed E-state index contributed by atoms with van der Waals surface area (Å²) in [4.78, 5) is 28.9. The smallest absolute Gasteiger partial charge is 0.285 e. The van der Waals surface area contributed by atoms with Crippen molar-refractivity contribution in [2.75, 3.05) is 19.0 Å². The second-order valence-electron chi connectivity index (χ2n) is 6.48. The van der Waals surface area contributed by atoms with E-state index in [1.807, 2.05) is 65.6 Å². The van der Waals surface area contributed by atoms with Gasteiger partial charge in [-0.15, -0.1) is 0 Å². The molecule has 4 nitrogen and oxygen atoms in total. The Balaban J connectivity index is 1.58. The highest BCUT2D eigenvalue weighted by atomic mass is 32.2. The number of amides is 2. The zero-order chi connectivity index (χ0) is 18.3. The molecule has 26 heavy (non-hydrogen) atoms. The second kappa shape index (κ2) is 6.50. The highest BCUT2D eigenvalue weighted by molar-refractivity contribution is 8.13. The lowest BCUT2D eigenvalue weighted by atomic mass is 10.1. The number of hydrogen-bond acceptors (Lipinski definition) is 3. The van der Waals surface area contributed by atoms with Gasteiger partial charge in [0.15, 0.2) is 0 Å². The molecule has 1 aliphatic heterocycles. The molecule has 130 valence electrons. The van der Waals surface area contributed by atoms with E-state index in [-0.39, 0.29) is 11.1 Å². The van der Waals surface area contributed by atoms with Crippen molar-refractivity contribution in [3.05, 3.63) is 71.8 Å². The number of nitrogens with zero attached hydrogens (tertiary/aromatic N) is 2. The Kier molecular flexibility index (Phi) is 4.17. The molecule has 1 aliphatic rings. The Labute approximate surface area is 156 Å². The van der Waals surface area contributed by atoms with E-state index in [4.69, 9.17) is 0 Å². The summed E-state index contributed by atoms with van der Waals surface area (Å²) in [6, 6.07) is 19.7. The van der Waals surface area contributed by atoms with Crippen LogP contribution in [0.15, 0.2) is 65.6 Å². The molecule has 5 heteroatoms. The Hall–Kier alpha value is -2.79. The van der Waals surface area contributed by atoms with Crippen molar-refractivity contribution in [1.29, 1.82) is 0 Å². The fourth-order valence-electron chi connectivity index (χ4n) is 3.17. The fourth-order valence-corrected chi connectivity index (χ4v) is 3.83. The number of rotatable bonds is 3. The van der Waals surface area contributed by atoms with E-state index in [1.165, 1.54) is 11.8 Å². The molecule has 0 spiro atoms. The number of carbonyl (C=O) groups excluding carboxylic acids is 2. The SMILES string of the molecule is CN(C)C(=O)Sc1ccc(CN2C(=O)c3cccc4cccc2c34)cc1. The zero-order valence-electron chi connectivity index (χ0n) is 14.6. The lowest BCUT2D eigenvalue weighted by Crippen LogP contribution is -2.25. The van der Waals surface area contributed by atoms with Crippen LogP contribution in [0.2, 0.25) is 0 Å². The molecule has 0 N–H and O–H groups in total. The topological polar surface area (TPSA) is 40.6 Å². The predicted molar refractivity (Wildman–Crippen MR) is 106 cm³/mol. The maximum atomic E-state index is 12.8. The van der Waals surface area contributed by atoms with Crippen LogP contribution in [0, 0.1) is 0 Å². The van der Waals surface area contributed by atoms with E-state index in [0.717, 1.165) is 32.5 Å². The molecule has 0 fully saturated rings. The third-order valence-electron chi connectivity index (χ3n) is 4.48. The van der Waals surface area contributed by atoms with Gasteiger partial charge in [-0.1, -0.05) is 36.4 Å². The number of benzene rings is 3. The average Bonchev–Trinajstić information content (AvgIpc) is 2.91. The maximum absolute atomic E-state index is 12.8. The molecule has 0 aromatic heterocycles. The van der Waals surface area contributed by atoms with Gasteiger partial charge in [-0.25, -0.2) is 0 Å². The molecule has 3 aromatic rings. The maximum Gasteiger partial charge on any atom is 0.285 e.